The van der Waals surface area contributed by atoms with Crippen molar-refractivity contribution in [3.8, 4) is 17.0 Å². The lowest BCUT2D eigenvalue weighted by Crippen LogP contribution is -2.57. The van der Waals surface area contributed by atoms with Gasteiger partial charge in [-0.05, 0) is 30.3 Å². The Morgan fingerprint density at radius 1 is 1.09 bits per heavy atom. The predicted octanol–water partition coefficient (Wildman–Crippen LogP) is 2.07. The third-order valence-electron chi connectivity index (χ3n) is 4.99. The van der Waals surface area contributed by atoms with Crippen LogP contribution in [0.3, 0.4) is 0 Å². The van der Waals surface area contributed by atoms with E-state index >= 15 is 0 Å². The number of hydrogen-bond donors (Lipinski definition) is 3. The van der Waals surface area contributed by atoms with Gasteiger partial charge in [-0.3, -0.25) is 0 Å². The van der Waals surface area contributed by atoms with E-state index in [9.17, 15) is 28.5 Å². The van der Waals surface area contributed by atoms with Crippen LogP contribution in [-0.2, 0) is 4.74 Å². The van der Waals surface area contributed by atoms with Gasteiger partial charge in [0.2, 0.25) is 6.29 Å². The summed E-state index contributed by atoms with van der Waals surface area (Å²) in [7, 11) is 0. The van der Waals surface area contributed by atoms with Crippen molar-refractivity contribution in [3.63, 3.8) is 0 Å². The second-order valence-corrected chi connectivity index (χ2v) is 7.55. The maximum atomic E-state index is 13.6. The lowest BCUT2D eigenvalue weighted by atomic mass is 9.96. The molecule has 0 aliphatic carbocycles. The average Bonchev–Trinajstić information content (AvgIpc) is 3.23. The monoisotopic (exact) mass is 471 g/mol. The molecule has 12 heteroatoms. The quantitative estimate of drug-likeness (QED) is 0.489. The average molecular weight is 472 g/mol. The topological polar surface area (TPSA) is 110 Å². The number of rotatable bonds is 5. The summed E-state index contributed by atoms with van der Waals surface area (Å²) in [5.41, 5.74) is -0.143. The van der Waals surface area contributed by atoms with Gasteiger partial charge in [-0.15, -0.1) is 5.10 Å². The predicted molar refractivity (Wildman–Crippen MR) is 104 cm³/mol. The SMILES string of the molecule is OCC1O[C@H](Oc2cccc(Cl)c2)[C@H](O)C(n2cc(-c3cc(F)c(F)c(F)c3)nn2)[C@H]1O. The first-order valence-electron chi connectivity index (χ1n) is 9.40. The number of nitrogens with zero attached hydrogens (tertiary/aromatic N) is 3. The number of aromatic nitrogens is 3. The highest BCUT2D eigenvalue weighted by Crippen LogP contribution is 2.33. The highest BCUT2D eigenvalue weighted by atomic mass is 35.5. The fourth-order valence-corrected chi connectivity index (χ4v) is 3.59. The summed E-state index contributed by atoms with van der Waals surface area (Å²) in [6, 6.07) is 6.57. The van der Waals surface area contributed by atoms with Crippen LogP contribution in [0.1, 0.15) is 6.04 Å². The van der Waals surface area contributed by atoms with E-state index in [1.165, 1.54) is 12.3 Å². The summed E-state index contributed by atoms with van der Waals surface area (Å²) in [6.07, 6.45) is -4.21. The number of ether oxygens (including phenoxy) is 2. The largest absolute Gasteiger partial charge is 0.462 e. The molecule has 0 spiro atoms. The number of aliphatic hydroxyl groups excluding tert-OH is 3. The molecule has 2 aromatic carbocycles. The van der Waals surface area contributed by atoms with Crippen LogP contribution < -0.4 is 4.74 Å². The zero-order chi connectivity index (χ0) is 23.0. The van der Waals surface area contributed by atoms with Crippen molar-refractivity contribution in [1.29, 1.82) is 0 Å². The van der Waals surface area contributed by atoms with Gasteiger partial charge in [0.25, 0.3) is 0 Å². The first kappa shape index (κ1) is 22.5. The van der Waals surface area contributed by atoms with E-state index in [2.05, 4.69) is 10.3 Å². The second-order valence-electron chi connectivity index (χ2n) is 7.11. The molecule has 2 unspecified atom stereocenters. The highest BCUT2D eigenvalue weighted by Gasteiger charge is 2.47. The van der Waals surface area contributed by atoms with Gasteiger partial charge < -0.3 is 24.8 Å². The van der Waals surface area contributed by atoms with Crippen molar-refractivity contribution in [2.75, 3.05) is 6.61 Å². The molecule has 32 heavy (non-hydrogen) atoms. The van der Waals surface area contributed by atoms with Gasteiger partial charge in [0.05, 0.1) is 12.8 Å². The molecule has 0 amide bonds. The maximum absolute atomic E-state index is 13.6. The van der Waals surface area contributed by atoms with Gasteiger partial charge in [-0.1, -0.05) is 22.9 Å². The molecule has 1 saturated heterocycles. The van der Waals surface area contributed by atoms with Crippen molar-refractivity contribution < 1.29 is 38.0 Å². The van der Waals surface area contributed by atoms with E-state index in [1.54, 1.807) is 18.2 Å². The van der Waals surface area contributed by atoms with E-state index in [0.29, 0.717) is 5.02 Å². The van der Waals surface area contributed by atoms with E-state index in [0.717, 1.165) is 16.8 Å². The fourth-order valence-electron chi connectivity index (χ4n) is 3.41. The normalized spacial score (nSPS) is 25.7. The summed E-state index contributed by atoms with van der Waals surface area (Å²) < 4.78 is 52.6. The van der Waals surface area contributed by atoms with Gasteiger partial charge in [0.1, 0.15) is 35.8 Å². The van der Waals surface area contributed by atoms with Gasteiger partial charge in [0, 0.05) is 10.6 Å². The molecule has 0 saturated carbocycles. The number of aliphatic hydroxyl groups is 3. The molecule has 170 valence electrons. The van der Waals surface area contributed by atoms with Crippen molar-refractivity contribution in [3.05, 3.63) is 65.1 Å². The minimum absolute atomic E-state index is 0.0402. The zero-order valence-corrected chi connectivity index (χ0v) is 16.9. The van der Waals surface area contributed by atoms with Crippen molar-refractivity contribution in [2.24, 2.45) is 0 Å². The summed E-state index contributed by atoms with van der Waals surface area (Å²) in [5.74, 6) is -4.17. The summed E-state index contributed by atoms with van der Waals surface area (Å²) in [4.78, 5) is 0. The first-order valence-corrected chi connectivity index (χ1v) is 9.77. The van der Waals surface area contributed by atoms with Crippen LogP contribution in [0, 0.1) is 17.5 Å². The molecular weight excluding hydrogens is 455 g/mol. The minimum Gasteiger partial charge on any atom is -0.462 e. The Bertz CT molecular complexity index is 1090. The van der Waals surface area contributed by atoms with Gasteiger partial charge >= 0.3 is 0 Å². The fraction of sp³-hybridized carbons (Fsp3) is 0.300. The molecule has 3 N–H and O–H groups in total. The highest BCUT2D eigenvalue weighted by molar-refractivity contribution is 6.30. The third kappa shape index (κ3) is 4.30. The lowest BCUT2D eigenvalue weighted by molar-refractivity contribution is -0.260. The molecule has 2 heterocycles. The van der Waals surface area contributed by atoms with Crippen LogP contribution in [0.15, 0.2) is 42.6 Å². The summed E-state index contributed by atoms with van der Waals surface area (Å²) >= 11 is 5.93. The maximum Gasteiger partial charge on any atom is 0.228 e. The molecule has 3 aromatic rings. The molecule has 8 nitrogen and oxygen atoms in total. The van der Waals surface area contributed by atoms with Crippen LogP contribution >= 0.6 is 11.6 Å². The van der Waals surface area contributed by atoms with Crippen LogP contribution in [-0.4, -0.2) is 61.5 Å². The Morgan fingerprint density at radius 2 is 1.81 bits per heavy atom. The van der Waals surface area contributed by atoms with E-state index < -0.39 is 54.7 Å². The van der Waals surface area contributed by atoms with Gasteiger partial charge in [-0.25, -0.2) is 17.9 Å². The Morgan fingerprint density at radius 3 is 2.47 bits per heavy atom. The Labute approximate surface area is 184 Å². The van der Waals surface area contributed by atoms with Crippen LogP contribution in [0.25, 0.3) is 11.3 Å². The van der Waals surface area contributed by atoms with Gasteiger partial charge in [0.15, 0.2) is 17.5 Å². The van der Waals surface area contributed by atoms with E-state index in [-0.39, 0.29) is 17.0 Å². The smallest absolute Gasteiger partial charge is 0.228 e. The van der Waals surface area contributed by atoms with Crippen molar-refractivity contribution in [1.82, 2.24) is 15.0 Å². The van der Waals surface area contributed by atoms with Gasteiger partial charge in [-0.2, -0.15) is 0 Å². The molecule has 0 radical (unpaired) electrons. The Hall–Kier alpha value is -2.70. The Kier molecular flexibility index (Phi) is 6.35. The van der Waals surface area contributed by atoms with Crippen LogP contribution in [0.5, 0.6) is 5.75 Å². The molecule has 4 rings (SSSR count). The lowest BCUT2D eigenvalue weighted by Gasteiger charge is -2.41. The standard InChI is InChI=1S/C20H17ClF3N3O5/c21-10-2-1-3-11(6-10)31-20-19(30)17(18(29)15(8-28)32-20)27-7-14(25-26-27)9-4-12(22)16(24)13(23)5-9/h1-7,15,17-20,28-30H,8H2/t15?,17?,18-,19+,20-/m0/s1. The molecule has 1 aliphatic rings. The number of benzene rings is 2. The molecule has 1 fully saturated rings. The van der Waals surface area contributed by atoms with Crippen molar-refractivity contribution >= 4 is 11.6 Å². The van der Waals surface area contributed by atoms with E-state index in [1.807, 2.05) is 0 Å². The number of halogens is 4. The summed E-state index contributed by atoms with van der Waals surface area (Å²) in [6.45, 7) is -0.601. The molecule has 1 aromatic heterocycles. The van der Waals surface area contributed by atoms with Crippen molar-refractivity contribution in [2.45, 2.75) is 30.6 Å². The number of hydrogen-bond acceptors (Lipinski definition) is 7. The molecule has 0 bridgehead atoms. The van der Waals surface area contributed by atoms with Crippen LogP contribution in [0.4, 0.5) is 13.2 Å². The third-order valence-corrected chi connectivity index (χ3v) is 5.23. The Balaban J connectivity index is 1.64. The molecule has 5 atom stereocenters. The van der Waals surface area contributed by atoms with E-state index in [4.69, 9.17) is 21.1 Å². The molecule has 1 aliphatic heterocycles. The summed E-state index contributed by atoms with van der Waals surface area (Å²) in [5, 5.41) is 39.0. The second kappa shape index (κ2) is 9.04. The first-order chi connectivity index (χ1) is 15.3. The minimum atomic E-state index is -1.62. The molecular formula is C20H17ClF3N3O5. The zero-order valence-electron chi connectivity index (χ0n) is 16.1. The van der Waals surface area contributed by atoms with Crippen LogP contribution in [0.2, 0.25) is 5.02 Å².